The van der Waals surface area contributed by atoms with E-state index in [1.807, 2.05) is 12.1 Å². The number of hydrogen-bond acceptors (Lipinski definition) is 2. The third kappa shape index (κ3) is 2.04. The molecule has 64 valence electrons. The van der Waals surface area contributed by atoms with Gasteiger partial charge in [-0.05, 0) is 6.42 Å². The fraction of sp³-hybridized carbons (Fsp3) is 0.778. The second-order valence-corrected chi connectivity index (χ2v) is 3.86. The van der Waals surface area contributed by atoms with Crippen molar-refractivity contribution in [1.29, 1.82) is 0 Å². The number of nitrogens with zero attached hydrogens (tertiary/aromatic N) is 1. The molecule has 0 aliphatic carbocycles. The van der Waals surface area contributed by atoms with Gasteiger partial charge in [-0.15, -0.1) is 0 Å². The zero-order valence-electron chi connectivity index (χ0n) is 7.68. The van der Waals surface area contributed by atoms with Crippen molar-refractivity contribution in [3.63, 3.8) is 0 Å². The Morgan fingerprint density at radius 1 is 1.55 bits per heavy atom. The highest BCUT2D eigenvalue weighted by atomic mass is 16.7. The predicted molar refractivity (Wildman–Crippen MR) is 46.1 cm³/mol. The van der Waals surface area contributed by atoms with E-state index in [-0.39, 0.29) is 5.41 Å². The van der Waals surface area contributed by atoms with E-state index in [9.17, 15) is 0 Å². The molecule has 0 unspecified atom stereocenters. The summed E-state index contributed by atoms with van der Waals surface area (Å²) < 4.78 is 0. The molecule has 0 amide bonds. The maximum absolute atomic E-state index is 5.38. The molecule has 11 heavy (non-hydrogen) atoms. The third-order valence-electron chi connectivity index (χ3n) is 2.29. The average molecular weight is 155 g/mol. The Morgan fingerprint density at radius 3 is 2.82 bits per heavy atom. The minimum absolute atomic E-state index is 0.200. The molecule has 0 aromatic heterocycles. The van der Waals surface area contributed by atoms with Gasteiger partial charge < -0.3 is 0 Å². The molecule has 0 bridgehead atoms. The Kier molecular flexibility index (Phi) is 2.35. The van der Waals surface area contributed by atoms with Crippen LogP contribution in [-0.4, -0.2) is 25.3 Å². The average Bonchev–Trinajstić information content (AvgIpc) is 1.93. The largest absolute Gasteiger partial charge is 0.299 e. The molecule has 2 heteroatoms. The van der Waals surface area contributed by atoms with E-state index in [0.717, 1.165) is 19.6 Å². The molecule has 1 heterocycles. The summed E-state index contributed by atoms with van der Waals surface area (Å²) in [5, 5.41) is 1.90. The Bertz CT molecular complexity index is 163. The lowest BCUT2D eigenvalue weighted by Crippen LogP contribution is -2.29. The van der Waals surface area contributed by atoms with Gasteiger partial charge in [0.2, 0.25) is 0 Å². The molecule has 1 aliphatic heterocycles. The second kappa shape index (κ2) is 2.95. The van der Waals surface area contributed by atoms with Crippen LogP contribution < -0.4 is 0 Å². The maximum atomic E-state index is 5.38. The van der Waals surface area contributed by atoms with Gasteiger partial charge in [0.05, 0.1) is 6.61 Å². The Labute approximate surface area is 68.8 Å². The van der Waals surface area contributed by atoms with Crippen molar-refractivity contribution in [2.75, 3.05) is 20.2 Å². The van der Waals surface area contributed by atoms with Gasteiger partial charge in [-0.3, -0.25) is 4.84 Å². The van der Waals surface area contributed by atoms with Crippen molar-refractivity contribution >= 4 is 0 Å². The summed E-state index contributed by atoms with van der Waals surface area (Å²) in [6.07, 6.45) is 0.983. The normalized spacial score (nSPS) is 26.6. The third-order valence-corrected chi connectivity index (χ3v) is 2.29. The zero-order valence-corrected chi connectivity index (χ0v) is 7.68. The van der Waals surface area contributed by atoms with E-state index in [4.69, 9.17) is 4.84 Å². The molecule has 0 aromatic rings. The molecular weight excluding hydrogens is 138 g/mol. The molecule has 1 rings (SSSR count). The van der Waals surface area contributed by atoms with Crippen LogP contribution in [0.3, 0.4) is 0 Å². The highest BCUT2D eigenvalue weighted by Gasteiger charge is 2.26. The van der Waals surface area contributed by atoms with E-state index in [2.05, 4.69) is 20.4 Å². The van der Waals surface area contributed by atoms with Gasteiger partial charge in [0, 0.05) is 19.0 Å². The fourth-order valence-corrected chi connectivity index (χ4v) is 1.38. The van der Waals surface area contributed by atoms with Crippen LogP contribution in [0, 0.1) is 5.41 Å². The first kappa shape index (κ1) is 8.75. The van der Waals surface area contributed by atoms with Crippen LogP contribution in [0.15, 0.2) is 12.2 Å². The number of hydroxylamine groups is 2. The standard InChI is InChI=1S/C9H17NO/c1-8-5-6-11-10(4)7-9(8,2)3/h1,5-7H2,2-4H3. The maximum Gasteiger partial charge on any atom is 0.0722 e. The van der Waals surface area contributed by atoms with Crippen molar-refractivity contribution in [2.45, 2.75) is 20.3 Å². The highest BCUT2D eigenvalue weighted by molar-refractivity contribution is 5.08. The molecule has 0 radical (unpaired) electrons. The minimum Gasteiger partial charge on any atom is -0.299 e. The smallest absolute Gasteiger partial charge is 0.0722 e. The van der Waals surface area contributed by atoms with Gasteiger partial charge in [-0.1, -0.05) is 26.0 Å². The van der Waals surface area contributed by atoms with Gasteiger partial charge in [0.1, 0.15) is 0 Å². The predicted octanol–water partition coefficient (Wildman–Crippen LogP) is 1.84. The summed E-state index contributed by atoms with van der Waals surface area (Å²) in [7, 11) is 1.97. The van der Waals surface area contributed by atoms with Crippen LogP contribution >= 0.6 is 0 Å². The molecule has 2 nitrogen and oxygen atoms in total. The van der Waals surface area contributed by atoms with Crippen LogP contribution in [0.2, 0.25) is 0 Å². The van der Waals surface area contributed by atoms with E-state index in [1.165, 1.54) is 5.57 Å². The SMILES string of the molecule is C=C1CCON(C)CC1(C)C. The van der Waals surface area contributed by atoms with Crippen molar-refractivity contribution in [1.82, 2.24) is 5.06 Å². The van der Waals surface area contributed by atoms with Crippen LogP contribution in [0.5, 0.6) is 0 Å². The van der Waals surface area contributed by atoms with Crippen molar-refractivity contribution in [3.8, 4) is 0 Å². The topological polar surface area (TPSA) is 12.5 Å². The quantitative estimate of drug-likeness (QED) is 0.495. The first-order valence-electron chi connectivity index (χ1n) is 4.05. The van der Waals surface area contributed by atoms with Crippen LogP contribution in [0.1, 0.15) is 20.3 Å². The van der Waals surface area contributed by atoms with Gasteiger partial charge in [0.15, 0.2) is 0 Å². The first-order chi connectivity index (χ1) is 5.02. The van der Waals surface area contributed by atoms with Crippen molar-refractivity contribution < 1.29 is 4.84 Å². The van der Waals surface area contributed by atoms with E-state index in [0.29, 0.717) is 0 Å². The van der Waals surface area contributed by atoms with E-state index in [1.54, 1.807) is 0 Å². The molecule has 0 N–H and O–H groups in total. The van der Waals surface area contributed by atoms with Crippen LogP contribution in [0.4, 0.5) is 0 Å². The van der Waals surface area contributed by atoms with E-state index >= 15 is 0 Å². The monoisotopic (exact) mass is 155 g/mol. The summed E-state index contributed by atoms with van der Waals surface area (Å²) in [5.41, 5.74) is 1.49. The summed E-state index contributed by atoms with van der Waals surface area (Å²) >= 11 is 0. The Morgan fingerprint density at radius 2 is 2.18 bits per heavy atom. The van der Waals surface area contributed by atoms with Gasteiger partial charge in [0.25, 0.3) is 0 Å². The molecule has 1 saturated heterocycles. The first-order valence-corrected chi connectivity index (χ1v) is 4.05. The molecule has 1 aliphatic rings. The van der Waals surface area contributed by atoms with Gasteiger partial charge in [-0.2, -0.15) is 5.06 Å². The van der Waals surface area contributed by atoms with Crippen molar-refractivity contribution in [2.24, 2.45) is 5.41 Å². The lowest BCUT2D eigenvalue weighted by molar-refractivity contribution is -0.140. The lowest BCUT2D eigenvalue weighted by Gasteiger charge is -2.27. The van der Waals surface area contributed by atoms with Crippen LogP contribution in [0.25, 0.3) is 0 Å². The van der Waals surface area contributed by atoms with E-state index < -0.39 is 0 Å². The van der Waals surface area contributed by atoms with Crippen LogP contribution in [-0.2, 0) is 4.84 Å². The molecular formula is C9H17NO. The molecule has 1 fully saturated rings. The molecule has 0 spiro atoms. The van der Waals surface area contributed by atoms with Crippen molar-refractivity contribution in [3.05, 3.63) is 12.2 Å². The Hall–Kier alpha value is -0.340. The number of hydrogen-bond donors (Lipinski definition) is 0. The van der Waals surface area contributed by atoms with Gasteiger partial charge in [-0.25, -0.2) is 0 Å². The fourth-order valence-electron chi connectivity index (χ4n) is 1.38. The molecule has 0 atom stereocenters. The van der Waals surface area contributed by atoms with Gasteiger partial charge >= 0.3 is 0 Å². The molecule has 0 aromatic carbocycles. The summed E-state index contributed by atoms with van der Waals surface area (Å²) in [6.45, 7) is 10.2. The highest BCUT2D eigenvalue weighted by Crippen LogP contribution is 2.30. The zero-order chi connectivity index (χ0) is 8.48. The summed E-state index contributed by atoms with van der Waals surface area (Å²) in [4.78, 5) is 5.38. The minimum atomic E-state index is 0.200. The number of rotatable bonds is 0. The second-order valence-electron chi connectivity index (χ2n) is 3.86. The molecule has 0 saturated carbocycles. The summed E-state index contributed by atoms with van der Waals surface area (Å²) in [5.74, 6) is 0. The summed E-state index contributed by atoms with van der Waals surface area (Å²) in [6, 6.07) is 0. The lowest BCUT2D eigenvalue weighted by atomic mass is 9.84. The Balaban J connectivity index is 2.68.